The first-order chi connectivity index (χ1) is 9.10. The van der Waals surface area contributed by atoms with Gasteiger partial charge in [-0.05, 0) is 57.4 Å². The van der Waals surface area contributed by atoms with Gasteiger partial charge in [0.1, 0.15) is 5.75 Å². The zero-order valence-corrected chi connectivity index (χ0v) is 12.3. The molecule has 0 radical (unpaired) electrons. The standard InChI is InChI=1S/C16H26N2O/c1-12(2)19-15-6-4-5-13(9-15)11-18(3)16(10-17)14-7-8-14/h4-6,9,12,14,16H,7-8,10-11,17H2,1-3H3. The van der Waals surface area contributed by atoms with E-state index in [0.29, 0.717) is 6.04 Å². The molecule has 0 aliphatic heterocycles. The van der Waals surface area contributed by atoms with Gasteiger partial charge in [0.15, 0.2) is 0 Å². The minimum Gasteiger partial charge on any atom is -0.491 e. The second-order valence-corrected chi connectivity index (χ2v) is 5.87. The van der Waals surface area contributed by atoms with Crippen LogP contribution in [0.25, 0.3) is 0 Å². The fourth-order valence-electron chi connectivity index (χ4n) is 2.61. The number of nitrogens with zero attached hydrogens (tertiary/aromatic N) is 1. The third kappa shape index (κ3) is 4.22. The summed E-state index contributed by atoms with van der Waals surface area (Å²) >= 11 is 0. The van der Waals surface area contributed by atoms with E-state index in [1.807, 2.05) is 6.07 Å². The maximum atomic E-state index is 5.90. The Balaban J connectivity index is 1.97. The highest BCUT2D eigenvalue weighted by molar-refractivity contribution is 5.28. The van der Waals surface area contributed by atoms with E-state index in [1.54, 1.807) is 0 Å². The quantitative estimate of drug-likeness (QED) is 0.821. The third-order valence-corrected chi connectivity index (χ3v) is 3.68. The first kappa shape index (κ1) is 14.4. The van der Waals surface area contributed by atoms with Crippen molar-refractivity contribution in [1.29, 1.82) is 0 Å². The lowest BCUT2D eigenvalue weighted by Gasteiger charge is -2.27. The van der Waals surface area contributed by atoms with Crippen LogP contribution in [-0.4, -0.2) is 30.6 Å². The molecule has 1 fully saturated rings. The molecule has 0 heterocycles. The molecule has 0 amide bonds. The van der Waals surface area contributed by atoms with Gasteiger partial charge in [-0.25, -0.2) is 0 Å². The Bertz CT molecular complexity index is 401. The van der Waals surface area contributed by atoms with Gasteiger partial charge in [0, 0.05) is 19.1 Å². The predicted octanol–water partition coefficient (Wildman–Crippen LogP) is 2.64. The Morgan fingerprint density at radius 2 is 2.11 bits per heavy atom. The molecule has 1 atom stereocenters. The van der Waals surface area contributed by atoms with Gasteiger partial charge in [0.05, 0.1) is 6.10 Å². The summed E-state index contributed by atoms with van der Waals surface area (Å²) < 4.78 is 5.74. The van der Waals surface area contributed by atoms with E-state index < -0.39 is 0 Å². The Labute approximate surface area is 116 Å². The summed E-state index contributed by atoms with van der Waals surface area (Å²) in [5.74, 6) is 1.77. The maximum Gasteiger partial charge on any atom is 0.120 e. The number of ether oxygens (including phenoxy) is 1. The van der Waals surface area contributed by atoms with Crippen LogP contribution >= 0.6 is 0 Å². The average Bonchev–Trinajstić information content (AvgIpc) is 3.14. The molecule has 2 N–H and O–H groups in total. The molecule has 2 rings (SSSR count). The highest BCUT2D eigenvalue weighted by Crippen LogP contribution is 2.35. The van der Waals surface area contributed by atoms with Gasteiger partial charge >= 0.3 is 0 Å². The van der Waals surface area contributed by atoms with Crippen molar-refractivity contribution < 1.29 is 4.74 Å². The molecule has 1 aromatic rings. The molecule has 1 unspecified atom stereocenters. The Morgan fingerprint density at radius 3 is 2.68 bits per heavy atom. The summed E-state index contributed by atoms with van der Waals surface area (Å²) in [5, 5.41) is 0. The van der Waals surface area contributed by atoms with Crippen LogP contribution in [0.1, 0.15) is 32.3 Å². The molecular weight excluding hydrogens is 236 g/mol. The Kier molecular flexibility index (Phi) is 4.83. The highest BCUT2D eigenvalue weighted by Gasteiger charge is 2.32. The van der Waals surface area contributed by atoms with E-state index in [-0.39, 0.29) is 6.10 Å². The number of hydrogen-bond acceptors (Lipinski definition) is 3. The van der Waals surface area contributed by atoms with E-state index >= 15 is 0 Å². The minimum absolute atomic E-state index is 0.219. The van der Waals surface area contributed by atoms with E-state index in [2.05, 4.69) is 44.0 Å². The van der Waals surface area contributed by atoms with Crippen LogP contribution in [0.4, 0.5) is 0 Å². The minimum atomic E-state index is 0.219. The first-order valence-electron chi connectivity index (χ1n) is 7.26. The number of likely N-dealkylation sites (N-methyl/N-ethyl adjacent to an activating group) is 1. The highest BCUT2D eigenvalue weighted by atomic mass is 16.5. The van der Waals surface area contributed by atoms with Crippen LogP contribution in [0.2, 0.25) is 0 Å². The zero-order chi connectivity index (χ0) is 13.8. The molecule has 1 aliphatic rings. The molecule has 1 saturated carbocycles. The van der Waals surface area contributed by atoms with Gasteiger partial charge in [0.25, 0.3) is 0 Å². The van der Waals surface area contributed by atoms with Crippen LogP contribution in [-0.2, 0) is 6.54 Å². The van der Waals surface area contributed by atoms with E-state index in [9.17, 15) is 0 Å². The molecular formula is C16H26N2O. The SMILES string of the molecule is CC(C)Oc1cccc(CN(C)C(CN)C2CC2)c1. The summed E-state index contributed by atoms with van der Waals surface area (Å²) in [5.41, 5.74) is 7.19. The fourth-order valence-corrected chi connectivity index (χ4v) is 2.61. The van der Waals surface area contributed by atoms with Gasteiger partial charge < -0.3 is 10.5 Å². The van der Waals surface area contributed by atoms with Crippen molar-refractivity contribution in [2.24, 2.45) is 11.7 Å². The molecule has 3 heteroatoms. The van der Waals surface area contributed by atoms with Crippen molar-refractivity contribution in [3.05, 3.63) is 29.8 Å². The molecule has 0 aromatic heterocycles. The zero-order valence-electron chi connectivity index (χ0n) is 12.3. The first-order valence-corrected chi connectivity index (χ1v) is 7.26. The van der Waals surface area contributed by atoms with Crippen molar-refractivity contribution in [3.8, 4) is 5.75 Å². The number of rotatable bonds is 7. The summed E-state index contributed by atoms with van der Waals surface area (Å²) in [6, 6.07) is 8.90. The largest absolute Gasteiger partial charge is 0.491 e. The smallest absolute Gasteiger partial charge is 0.120 e. The maximum absolute atomic E-state index is 5.90. The normalized spacial score (nSPS) is 16.9. The second-order valence-electron chi connectivity index (χ2n) is 5.87. The number of benzene rings is 1. The lowest BCUT2D eigenvalue weighted by Crippen LogP contribution is -2.39. The predicted molar refractivity (Wildman–Crippen MR) is 79.2 cm³/mol. The van der Waals surface area contributed by atoms with Gasteiger partial charge in [-0.1, -0.05) is 12.1 Å². The van der Waals surface area contributed by atoms with Crippen molar-refractivity contribution in [1.82, 2.24) is 4.90 Å². The molecule has 106 valence electrons. The summed E-state index contributed by atoms with van der Waals surface area (Å²) in [6.07, 6.45) is 2.89. The number of hydrogen-bond donors (Lipinski definition) is 1. The van der Waals surface area contributed by atoms with Crippen molar-refractivity contribution >= 4 is 0 Å². The Morgan fingerprint density at radius 1 is 1.37 bits per heavy atom. The van der Waals surface area contributed by atoms with Crippen LogP contribution < -0.4 is 10.5 Å². The van der Waals surface area contributed by atoms with Crippen LogP contribution in [0, 0.1) is 5.92 Å². The van der Waals surface area contributed by atoms with Crippen LogP contribution in [0.5, 0.6) is 5.75 Å². The van der Waals surface area contributed by atoms with E-state index in [4.69, 9.17) is 10.5 Å². The van der Waals surface area contributed by atoms with Crippen LogP contribution in [0.15, 0.2) is 24.3 Å². The van der Waals surface area contributed by atoms with Crippen molar-refractivity contribution in [2.45, 2.75) is 45.4 Å². The van der Waals surface area contributed by atoms with Gasteiger partial charge in [0.2, 0.25) is 0 Å². The van der Waals surface area contributed by atoms with E-state index in [1.165, 1.54) is 18.4 Å². The topological polar surface area (TPSA) is 38.5 Å². The average molecular weight is 262 g/mol. The fraction of sp³-hybridized carbons (Fsp3) is 0.625. The number of nitrogens with two attached hydrogens (primary N) is 1. The van der Waals surface area contributed by atoms with Crippen molar-refractivity contribution in [2.75, 3.05) is 13.6 Å². The molecule has 0 spiro atoms. The summed E-state index contributed by atoms with van der Waals surface area (Å²) in [7, 11) is 2.17. The molecule has 0 bridgehead atoms. The lowest BCUT2D eigenvalue weighted by atomic mass is 10.1. The van der Waals surface area contributed by atoms with Gasteiger partial charge in [-0.15, -0.1) is 0 Å². The molecule has 0 saturated heterocycles. The van der Waals surface area contributed by atoms with Crippen LogP contribution in [0.3, 0.4) is 0 Å². The molecule has 19 heavy (non-hydrogen) atoms. The third-order valence-electron chi connectivity index (χ3n) is 3.68. The van der Waals surface area contributed by atoms with Gasteiger partial charge in [-0.2, -0.15) is 0 Å². The molecule has 1 aliphatic carbocycles. The molecule has 3 nitrogen and oxygen atoms in total. The summed E-state index contributed by atoms with van der Waals surface area (Å²) in [4.78, 5) is 2.38. The Hall–Kier alpha value is -1.06. The molecule has 1 aromatic carbocycles. The van der Waals surface area contributed by atoms with E-state index in [0.717, 1.165) is 24.8 Å². The van der Waals surface area contributed by atoms with Crippen molar-refractivity contribution in [3.63, 3.8) is 0 Å². The summed E-state index contributed by atoms with van der Waals surface area (Å²) in [6.45, 7) is 5.80. The lowest BCUT2D eigenvalue weighted by molar-refractivity contribution is 0.214. The monoisotopic (exact) mass is 262 g/mol. The van der Waals surface area contributed by atoms with Gasteiger partial charge in [-0.3, -0.25) is 4.90 Å². The second kappa shape index (κ2) is 6.40.